The standard InChI is InChI=1S/C17H16F3NO2/c1-12(13-5-3-2-4-6-13)11-21-16(22)14-7-9-15(10-8-14)23-17(18,19)20/h2-10,12H,11H2,1H3,(H,21,22). The first-order valence-electron chi connectivity index (χ1n) is 7.04. The second-order valence-electron chi connectivity index (χ2n) is 5.09. The Morgan fingerprint density at radius 2 is 1.70 bits per heavy atom. The number of carbonyl (C=O) groups is 1. The zero-order valence-electron chi connectivity index (χ0n) is 12.4. The van der Waals surface area contributed by atoms with E-state index in [4.69, 9.17) is 0 Å². The van der Waals surface area contributed by atoms with Crippen LogP contribution in [0.25, 0.3) is 0 Å². The zero-order valence-corrected chi connectivity index (χ0v) is 12.4. The Balaban J connectivity index is 1.91. The number of rotatable bonds is 5. The molecule has 2 aromatic carbocycles. The van der Waals surface area contributed by atoms with E-state index >= 15 is 0 Å². The molecule has 0 fully saturated rings. The number of hydrogen-bond acceptors (Lipinski definition) is 2. The van der Waals surface area contributed by atoms with Gasteiger partial charge in [-0.25, -0.2) is 0 Å². The van der Waals surface area contributed by atoms with E-state index in [1.54, 1.807) is 0 Å². The van der Waals surface area contributed by atoms with E-state index in [2.05, 4.69) is 10.1 Å². The third-order valence-electron chi connectivity index (χ3n) is 3.29. The summed E-state index contributed by atoms with van der Waals surface area (Å²) in [4.78, 5) is 12.0. The molecule has 1 amide bonds. The van der Waals surface area contributed by atoms with Gasteiger partial charge in [-0.3, -0.25) is 4.79 Å². The van der Waals surface area contributed by atoms with Gasteiger partial charge >= 0.3 is 6.36 Å². The summed E-state index contributed by atoms with van der Waals surface area (Å²) in [5, 5.41) is 2.76. The predicted octanol–water partition coefficient (Wildman–Crippen LogP) is 4.12. The Morgan fingerprint density at radius 1 is 1.09 bits per heavy atom. The van der Waals surface area contributed by atoms with Gasteiger partial charge in [0.05, 0.1) is 0 Å². The lowest BCUT2D eigenvalue weighted by atomic mass is 10.0. The van der Waals surface area contributed by atoms with Crippen LogP contribution in [0.3, 0.4) is 0 Å². The number of alkyl halides is 3. The fraction of sp³-hybridized carbons (Fsp3) is 0.235. The van der Waals surface area contributed by atoms with Crippen molar-refractivity contribution < 1.29 is 22.7 Å². The molecule has 0 bridgehead atoms. The fourth-order valence-electron chi connectivity index (χ4n) is 2.06. The molecular weight excluding hydrogens is 307 g/mol. The molecule has 0 aliphatic carbocycles. The molecule has 0 aromatic heterocycles. The maximum absolute atomic E-state index is 12.1. The van der Waals surface area contributed by atoms with Crippen LogP contribution in [0, 0.1) is 0 Å². The molecule has 0 saturated heterocycles. The quantitative estimate of drug-likeness (QED) is 0.899. The van der Waals surface area contributed by atoms with Crippen molar-refractivity contribution in [2.24, 2.45) is 0 Å². The second-order valence-corrected chi connectivity index (χ2v) is 5.09. The van der Waals surface area contributed by atoms with Crippen molar-refractivity contribution >= 4 is 5.91 Å². The summed E-state index contributed by atoms with van der Waals surface area (Å²) in [6, 6.07) is 14.5. The van der Waals surface area contributed by atoms with E-state index in [0.29, 0.717) is 6.54 Å². The predicted molar refractivity (Wildman–Crippen MR) is 80.3 cm³/mol. The number of hydrogen-bond donors (Lipinski definition) is 1. The third-order valence-corrected chi connectivity index (χ3v) is 3.29. The van der Waals surface area contributed by atoms with Crippen LogP contribution in [0.2, 0.25) is 0 Å². The number of halogens is 3. The highest BCUT2D eigenvalue weighted by molar-refractivity contribution is 5.94. The lowest BCUT2D eigenvalue weighted by molar-refractivity contribution is -0.274. The maximum Gasteiger partial charge on any atom is 0.573 e. The van der Waals surface area contributed by atoms with Crippen LogP contribution in [-0.2, 0) is 0 Å². The Labute approximate surface area is 132 Å². The third kappa shape index (κ3) is 5.32. The summed E-state index contributed by atoms with van der Waals surface area (Å²) in [6.45, 7) is 2.42. The van der Waals surface area contributed by atoms with Crippen LogP contribution >= 0.6 is 0 Å². The first kappa shape index (κ1) is 16.9. The summed E-state index contributed by atoms with van der Waals surface area (Å²) in [7, 11) is 0. The average molecular weight is 323 g/mol. The highest BCUT2D eigenvalue weighted by Crippen LogP contribution is 2.22. The summed E-state index contributed by atoms with van der Waals surface area (Å²) >= 11 is 0. The van der Waals surface area contributed by atoms with Crippen LogP contribution in [0.4, 0.5) is 13.2 Å². The van der Waals surface area contributed by atoms with Crippen LogP contribution in [0.15, 0.2) is 54.6 Å². The summed E-state index contributed by atoms with van der Waals surface area (Å²) in [5.41, 5.74) is 1.38. The van der Waals surface area contributed by atoms with Gasteiger partial charge < -0.3 is 10.1 Å². The van der Waals surface area contributed by atoms with Gasteiger partial charge in [0.15, 0.2) is 0 Å². The number of amides is 1. The van der Waals surface area contributed by atoms with Crippen LogP contribution in [-0.4, -0.2) is 18.8 Å². The van der Waals surface area contributed by atoms with Gasteiger partial charge in [0.25, 0.3) is 5.91 Å². The molecule has 3 nitrogen and oxygen atoms in total. The van der Waals surface area contributed by atoms with E-state index in [1.807, 2.05) is 37.3 Å². The highest BCUT2D eigenvalue weighted by Gasteiger charge is 2.31. The number of carbonyl (C=O) groups excluding carboxylic acids is 1. The molecule has 2 aromatic rings. The topological polar surface area (TPSA) is 38.3 Å². The van der Waals surface area contributed by atoms with Crippen molar-refractivity contribution in [3.05, 3.63) is 65.7 Å². The van der Waals surface area contributed by atoms with Crippen LogP contribution in [0.1, 0.15) is 28.8 Å². The molecule has 2 rings (SSSR count). The molecule has 0 saturated carbocycles. The molecule has 1 N–H and O–H groups in total. The highest BCUT2D eigenvalue weighted by atomic mass is 19.4. The van der Waals surface area contributed by atoms with Gasteiger partial charge in [-0.15, -0.1) is 13.2 Å². The fourth-order valence-corrected chi connectivity index (χ4v) is 2.06. The monoisotopic (exact) mass is 323 g/mol. The van der Waals surface area contributed by atoms with Crippen molar-refractivity contribution in [2.45, 2.75) is 19.2 Å². The molecule has 122 valence electrons. The van der Waals surface area contributed by atoms with Gasteiger partial charge in [0.1, 0.15) is 5.75 Å². The Bertz CT molecular complexity index is 639. The van der Waals surface area contributed by atoms with Crippen molar-refractivity contribution in [1.82, 2.24) is 5.32 Å². The lowest BCUT2D eigenvalue weighted by Gasteiger charge is -2.13. The zero-order chi connectivity index (χ0) is 16.9. The van der Waals surface area contributed by atoms with Crippen LogP contribution < -0.4 is 10.1 Å². The summed E-state index contributed by atoms with van der Waals surface area (Å²) in [6.07, 6.45) is -4.74. The van der Waals surface area contributed by atoms with E-state index < -0.39 is 6.36 Å². The molecule has 23 heavy (non-hydrogen) atoms. The summed E-state index contributed by atoms with van der Waals surface area (Å²) in [5.74, 6) is -0.564. The second kappa shape index (κ2) is 7.17. The van der Waals surface area contributed by atoms with Gasteiger partial charge in [-0.05, 0) is 35.7 Å². The largest absolute Gasteiger partial charge is 0.573 e. The Hall–Kier alpha value is -2.50. The molecule has 0 aliphatic rings. The normalized spacial score (nSPS) is 12.5. The molecular formula is C17H16F3NO2. The van der Waals surface area contributed by atoms with Gasteiger partial charge in [0.2, 0.25) is 0 Å². The Morgan fingerprint density at radius 3 is 2.26 bits per heavy atom. The minimum atomic E-state index is -4.74. The van der Waals surface area contributed by atoms with Gasteiger partial charge in [0, 0.05) is 12.1 Å². The molecule has 1 unspecified atom stereocenters. The summed E-state index contributed by atoms with van der Waals surface area (Å²) < 4.78 is 40.0. The molecule has 0 spiro atoms. The first-order chi connectivity index (χ1) is 10.8. The van der Waals surface area contributed by atoms with E-state index in [9.17, 15) is 18.0 Å². The molecule has 0 heterocycles. The maximum atomic E-state index is 12.1. The molecule has 1 atom stereocenters. The number of benzene rings is 2. The lowest BCUT2D eigenvalue weighted by Crippen LogP contribution is -2.27. The molecule has 6 heteroatoms. The van der Waals surface area contributed by atoms with Gasteiger partial charge in [-0.2, -0.15) is 0 Å². The van der Waals surface area contributed by atoms with E-state index in [0.717, 1.165) is 17.7 Å². The number of nitrogens with one attached hydrogen (secondary N) is 1. The molecule has 0 radical (unpaired) electrons. The Kier molecular flexibility index (Phi) is 5.26. The van der Waals surface area contributed by atoms with Crippen LogP contribution in [0.5, 0.6) is 5.75 Å². The van der Waals surface area contributed by atoms with Crippen molar-refractivity contribution in [3.8, 4) is 5.75 Å². The first-order valence-corrected chi connectivity index (χ1v) is 7.04. The van der Waals surface area contributed by atoms with Crippen molar-refractivity contribution in [3.63, 3.8) is 0 Å². The van der Waals surface area contributed by atoms with Crippen molar-refractivity contribution in [2.75, 3.05) is 6.54 Å². The van der Waals surface area contributed by atoms with E-state index in [1.165, 1.54) is 12.1 Å². The smallest absolute Gasteiger partial charge is 0.406 e. The number of ether oxygens (including phenoxy) is 1. The minimum Gasteiger partial charge on any atom is -0.406 e. The minimum absolute atomic E-state index is 0.132. The van der Waals surface area contributed by atoms with Crippen molar-refractivity contribution in [1.29, 1.82) is 0 Å². The average Bonchev–Trinajstić information content (AvgIpc) is 2.52. The van der Waals surface area contributed by atoms with E-state index in [-0.39, 0.29) is 23.1 Å². The molecule has 0 aliphatic heterocycles. The SMILES string of the molecule is CC(CNC(=O)c1ccc(OC(F)(F)F)cc1)c1ccccc1. The van der Waals surface area contributed by atoms with Gasteiger partial charge in [-0.1, -0.05) is 37.3 Å².